The second-order valence-electron chi connectivity index (χ2n) is 6.87. The third-order valence-corrected chi connectivity index (χ3v) is 4.95. The van der Waals surface area contributed by atoms with Gasteiger partial charge in [0.15, 0.2) is 5.82 Å². The first-order chi connectivity index (χ1) is 13.9. The van der Waals surface area contributed by atoms with Crippen molar-refractivity contribution in [3.8, 4) is 0 Å². The normalized spacial score (nSPS) is 15.0. The molecule has 9 heteroatoms. The highest BCUT2D eigenvalue weighted by Gasteiger charge is 2.29. The van der Waals surface area contributed by atoms with E-state index in [0.717, 1.165) is 10.9 Å². The fourth-order valence-corrected chi connectivity index (χ4v) is 3.52. The van der Waals surface area contributed by atoms with Gasteiger partial charge in [0.2, 0.25) is 0 Å². The van der Waals surface area contributed by atoms with Gasteiger partial charge < -0.3 is 20.1 Å². The molecule has 0 aliphatic carbocycles. The minimum atomic E-state index is -4.31. The number of rotatable bonds is 4. The topological polar surface area (TPSA) is 64.3 Å². The van der Waals surface area contributed by atoms with Gasteiger partial charge in [-0.1, -0.05) is 18.2 Å². The van der Waals surface area contributed by atoms with Gasteiger partial charge in [0.25, 0.3) is 5.91 Å². The van der Waals surface area contributed by atoms with Crippen molar-refractivity contribution in [1.29, 1.82) is 0 Å². The summed E-state index contributed by atoms with van der Waals surface area (Å²) in [6.07, 6.45) is -1.04. The molecular weight excluding hydrogens is 383 g/mol. The highest BCUT2D eigenvalue weighted by Crippen LogP contribution is 2.26. The molecule has 1 saturated heterocycles. The average molecular weight is 403 g/mol. The number of hydrogen-bond acceptors (Lipinski definition) is 4. The minimum Gasteiger partial charge on any atom is -0.373 e. The quantitative estimate of drug-likeness (QED) is 0.700. The van der Waals surface area contributed by atoms with E-state index in [4.69, 9.17) is 0 Å². The summed E-state index contributed by atoms with van der Waals surface area (Å²) in [5, 5.41) is 3.29. The molecule has 1 amide bonds. The van der Waals surface area contributed by atoms with Crippen LogP contribution in [0, 0.1) is 0 Å². The van der Waals surface area contributed by atoms with Crippen LogP contribution >= 0.6 is 0 Å². The van der Waals surface area contributed by atoms with Crippen LogP contribution in [0.4, 0.5) is 24.7 Å². The molecule has 29 heavy (non-hydrogen) atoms. The Morgan fingerprint density at radius 1 is 1.10 bits per heavy atom. The lowest BCUT2D eigenvalue weighted by Gasteiger charge is -2.36. The van der Waals surface area contributed by atoms with Gasteiger partial charge in [-0.05, 0) is 18.2 Å². The number of anilines is 2. The van der Waals surface area contributed by atoms with Crippen LogP contribution in [0.2, 0.25) is 0 Å². The lowest BCUT2D eigenvalue weighted by Crippen LogP contribution is -2.49. The Kier molecular flexibility index (Phi) is 5.04. The van der Waals surface area contributed by atoms with Crippen molar-refractivity contribution in [2.24, 2.45) is 0 Å². The van der Waals surface area contributed by atoms with Gasteiger partial charge in [-0.2, -0.15) is 13.2 Å². The number of fused-ring (bicyclic) bond motifs is 1. The highest BCUT2D eigenvalue weighted by molar-refractivity contribution is 6.06. The van der Waals surface area contributed by atoms with Crippen molar-refractivity contribution in [3.63, 3.8) is 0 Å². The molecule has 3 heterocycles. The van der Waals surface area contributed by atoms with Crippen molar-refractivity contribution in [2.45, 2.75) is 6.18 Å². The summed E-state index contributed by atoms with van der Waals surface area (Å²) >= 11 is 0. The number of aromatic nitrogens is 2. The Bertz CT molecular complexity index is 1010. The van der Waals surface area contributed by atoms with Gasteiger partial charge >= 0.3 is 6.18 Å². The SMILES string of the molecule is O=C(c1c[nH]c2ccccc12)N1CCN(c2ncccc2NCC(F)(F)F)CC1. The number of nitrogens with zero attached hydrogens (tertiary/aromatic N) is 3. The molecule has 4 rings (SSSR count). The first-order valence-corrected chi connectivity index (χ1v) is 9.28. The summed E-state index contributed by atoms with van der Waals surface area (Å²) in [4.78, 5) is 24.0. The molecule has 0 bridgehead atoms. The van der Waals surface area contributed by atoms with Gasteiger partial charge in [-0.25, -0.2) is 4.98 Å². The molecule has 6 nitrogen and oxygen atoms in total. The summed E-state index contributed by atoms with van der Waals surface area (Å²) in [5.41, 5.74) is 1.86. The highest BCUT2D eigenvalue weighted by atomic mass is 19.4. The zero-order valence-electron chi connectivity index (χ0n) is 15.5. The van der Waals surface area contributed by atoms with Crippen LogP contribution in [0.5, 0.6) is 0 Å². The van der Waals surface area contributed by atoms with E-state index in [1.54, 1.807) is 29.4 Å². The number of amides is 1. The summed E-state index contributed by atoms with van der Waals surface area (Å²) in [7, 11) is 0. The smallest absolute Gasteiger partial charge is 0.373 e. The Balaban J connectivity index is 1.44. The third kappa shape index (κ3) is 4.13. The van der Waals surface area contributed by atoms with Gasteiger partial charge in [0, 0.05) is 49.5 Å². The summed E-state index contributed by atoms with van der Waals surface area (Å²) in [6.45, 7) is 0.795. The zero-order valence-corrected chi connectivity index (χ0v) is 15.5. The lowest BCUT2D eigenvalue weighted by molar-refractivity contribution is -0.115. The van der Waals surface area contributed by atoms with Gasteiger partial charge in [-0.15, -0.1) is 0 Å². The zero-order chi connectivity index (χ0) is 20.4. The Labute approximate surface area is 165 Å². The molecule has 1 aromatic carbocycles. The average Bonchev–Trinajstić information content (AvgIpc) is 3.16. The van der Waals surface area contributed by atoms with E-state index in [0.29, 0.717) is 43.2 Å². The molecule has 152 valence electrons. The molecule has 2 N–H and O–H groups in total. The maximum atomic E-state index is 12.9. The van der Waals surface area contributed by atoms with E-state index in [9.17, 15) is 18.0 Å². The Morgan fingerprint density at radius 3 is 2.62 bits per heavy atom. The van der Waals surface area contributed by atoms with E-state index in [-0.39, 0.29) is 5.91 Å². The van der Waals surface area contributed by atoms with Crippen molar-refractivity contribution >= 4 is 28.3 Å². The lowest BCUT2D eigenvalue weighted by atomic mass is 10.1. The maximum absolute atomic E-state index is 12.9. The number of nitrogens with one attached hydrogen (secondary N) is 2. The number of para-hydroxylation sites is 1. The minimum absolute atomic E-state index is 0.0569. The summed E-state index contributed by atoms with van der Waals surface area (Å²) in [5.74, 6) is 0.412. The van der Waals surface area contributed by atoms with Gasteiger partial charge in [0.05, 0.1) is 11.3 Å². The predicted octanol–water partition coefficient (Wildman–Crippen LogP) is 3.50. The number of halogens is 3. The molecule has 0 atom stereocenters. The van der Waals surface area contributed by atoms with E-state index in [1.807, 2.05) is 29.2 Å². The molecule has 0 radical (unpaired) electrons. The summed E-state index contributed by atoms with van der Waals surface area (Å²) < 4.78 is 37.7. The number of aromatic amines is 1. The van der Waals surface area contributed by atoms with Crippen LogP contribution < -0.4 is 10.2 Å². The van der Waals surface area contributed by atoms with Crippen molar-refractivity contribution in [3.05, 3.63) is 54.4 Å². The van der Waals surface area contributed by atoms with Crippen LogP contribution in [0.1, 0.15) is 10.4 Å². The third-order valence-electron chi connectivity index (χ3n) is 4.95. The van der Waals surface area contributed by atoms with E-state index >= 15 is 0 Å². The van der Waals surface area contributed by atoms with Crippen LogP contribution in [0.3, 0.4) is 0 Å². The molecule has 2 aromatic heterocycles. The fraction of sp³-hybridized carbons (Fsp3) is 0.300. The molecule has 0 unspecified atom stereocenters. The number of piperazine rings is 1. The van der Waals surface area contributed by atoms with E-state index < -0.39 is 12.7 Å². The molecule has 1 aliphatic rings. The molecule has 3 aromatic rings. The van der Waals surface area contributed by atoms with Gasteiger partial charge in [-0.3, -0.25) is 4.79 Å². The summed E-state index contributed by atoms with van der Waals surface area (Å²) in [6, 6.07) is 10.8. The van der Waals surface area contributed by atoms with Crippen molar-refractivity contribution in [1.82, 2.24) is 14.9 Å². The molecule has 0 spiro atoms. The Morgan fingerprint density at radius 2 is 1.86 bits per heavy atom. The van der Waals surface area contributed by atoms with Crippen LogP contribution in [-0.2, 0) is 0 Å². The number of hydrogen-bond donors (Lipinski definition) is 2. The van der Waals surface area contributed by atoms with Crippen LogP contribution in [0.25, 0.3) is 10.9 Å². The number of alkyl halides is 3. The first kappa shape index (κ1) is 19.1. The Hall–Kier alpha value is -3.23. The largest absolute Gasteiger partial charge is 0.405 e. The standard InChI is InChI=1S/C20H20F3N5O/c21-20(22,23)13-26-17-6-3-7-24-18(17)27-8-10-28(11-9-27)19(29)15-12-25-16-5-2-1-4-14(15)16/h1-7,12,25-26H,8-11,13H2. The molecule has 1 fully saturated rings. The second-order valence-corrected chi connectivity index (χ2v) is 6.87. The van der Waals surface area contributed by atoms with Crippen LogP contribution in [0.15, 0.2) is 48.8 Å². The number of H-pyrrole nitrogens is 1. The first-order valence-electron chi connectivity index (χ1n) is 9.28. The molecular formula is C20H20F3N5O. The second kappa shape index (κ2) is 7.65. The molecule has 0 saturated carbocycles. The number of benzene rings is 1. The van der Waals surface area contributed by atoms with Gasteiger partial charge in [0.1, 0.15) is 6.54 Å². The molecule has 1 aliphatic heterocycles. The monoisotopic (exact) mass is 403 g/mol. The number of carbonyl (C=O) groups excluding carboxylic acids is 1. The fourth-order valence-electron chi connectivity index (χ4n) is 3.52. The van der Waals surface area contributed by atoms with Crippen molar-refractivity contribution in [2.75, 3.05) is 42.9 Å². The van der Waals surface area contributed by atoms with Crippen molar-refractivity contribution < 1.29 is 18.0 Å². The predicted molar refractivity (Wildman–Crippen MR) is 105 cm³/mol. The number of carbonyl (C=O) groups is 1. The number of pyridine rings is 1. The van der Waals surface area contributed by atoms with E-state index in [2.05, 4.69) is 15.3 Å². The van der Waals surface area contributed by atoms with E-state index in [1.165, 1.54) is 0 Å². The van der Waals surface area contributed by atoms with Crippen LogP contribution in [-0.4, -0.2) is 59.7 Å². The maximum Gasteiger partial charge on any atom is 0.405 e.